The predicted molar refractivity (Wildman–Crippen MR) is 206 cm³/mol. The molecule has 6 rings (SSSR count). The van der Waals surface area contributed by atoms with Gasteiger partial charge in [0, 0.05) is 52.4 Å². The summed E-state index contributed by atoms with van der Waals surface area (Å²) in [5, 5.41) is 79.1. The van der Waals surface area contributed by atoms with Crippen LogP contribution in [-0.4, -0.2) is 59.6 Å². The number of nitrogens with one attached hydrogen (secondary N) is 2. The number of nitro groups is 2. The van der Waals surface area contributed by atoms with Crippen molar-refractivity contribution in [2.75, 3.05) is 22.0 Å². The zero-order chi connectivity index (χ0) is 40.9. The molecule has 0 heterocycles. The molecule has 58 heavy (non-hydrogen) atoms. The third kappa shape index (κ3) is 11.6. The zero-order valence-electron chi connectivity index (χ0n) is 30.2. The van der Waals surface area contributed by atoms with E-state index in [4.69, 9.17) is 0 Å². The van der Waals surface area contributed by atoms with Gasteiger partial charge in [0.25, 0.3) is 11.4 Å². The van der Waals surface area contributed by atoms with Crippen molar-refractivity contribution in [3.8, 4) is 23.0 Å². The molecular weight excluding hydrogens is 852 g/mol. The Morgan fingerprint density at radius 3 is 1.21 bits per heavy atom. The number of aromatic hydroxyl groups is 4. The Morgan fingerprint density at radius 2 is 0.879 bits per heavy atom. The number of azo groups is 2. The summed E-state index contributed by atoms with van der Waals surface area (Å²) in [6.45, 7) is 0. The van der Waals surface area contributed by atoms with E-state index in [2.05, 4.69) is 29.9 Å². The number of anilines is 2. The summed E-state index contributed by atoms with van der Waals surface area (Å²) in [6, 6.07) is 21.9. The number of benzene rings is 6. The molecule has 0 unspecified atom stereocenters. The monoisotopic (exact) mass is 879 g/mol. The Labute approximate surface area is 361 Å². The average molecular weight is 880 g/mol. The number of rotatable bonds is 10. The third-order valence-corrected chi connectivity index (χ3v) is 8.62. The van der Waals surface area contributed by atoms with Crippen LogP contribution in [0.5, 0.6) is 23.0 Å². The van der Waals surface area contributed by atoms with Crippen molar-refractivity contribution in [1.29, 1.82) is 0 Å². The number of non-ortho nitro benzene ring substituents is 2. The van der Waals surface area contributed by atoms with E-state index in [1.807, 2.05) is 0 Å². The SMILES string of the molecule is CS(=O)(=O)Nc1cccc2ccc(O)c(N=Nc3cc([N+](=O)[O-])ccc3O)c12.CS(=O)(=O)Nc1cccc2ccc(O)c(N=Nc3cc([N+](=O)[O-])ccc3O)c12.[Cr].[Na+]. The second-order valence-electron chi connectivity index (χ2n) is 11.7. The Kier molecular flexibility index (Phi) is 15.2. The molecule has 0 bridgehead atoms. The molecule has 0 spiro atoms. The molecule has 0 saturated heterocycles. The van der Waals surface area contributed by atoms with Gasteiger partial charge in [-0.25, -0.2) is 16.8 Å². The Bertz CT molecular complexity index is 2650. The van der Waals surface area contributed by atoms with Crippen molar-refractivity contribution in [1.82, 2.24) is 0 Å². The van der Waals surface area contributed by atoms with Gasteiger partial charge in [0.1, 0.15) is 45.7 Å². The first-order valence-corrected chi connectivity index (χ1v) is 19.3. The van der Waals surface area contributed by atoms with E-state index in [0.29, 0.717) is 10.8 Å². The van der Waals surface area contributed by atoms with Gasteiger partial charge < -0.3 is 20.4 Å². The van der Waals surface area contributed by atoms with Gasteiger partial charge in [-0.3, -0.25) is 29.7 Å². The minimum atomic E-state index is -3.61. The van der Waals surface area contributed by atoms with E-state index < -0.39 is 29.9 Å². The van der Waals surface area contributed by atoms with Crippen molar-refractivity contribution >= 4 is 87.1 Å². The van der Waals surface area contributed by atoms with Crippen molar-refractivity contribution in [3.05, 3.63) is 117 Å². The number of phenols is 4. The largest absolute Gasteiger partial charge is 1.00 e. The average Bonchev–Trinajstić information content (AvgIpc) is 3.11. The zero-order valence-corrected chi connectivity index (χ0v) is 35.1. The first kappa shape index (κ1) is 46.5. The van der Waals surface area contributed by atoms with Gasteiger partial charge in [-0.1, -0.05) is 36.4 Å². The quantitative estimate of drug-likeness (QED) is 0.0464. The molecule has 6 aromatic rings. The molecule has 0 amide bonds. The molecule has 0 aliphatic heterocycles. The minimum Gasteiger partial charge on any atom is -0.506 e. The molecule has 0 radical (unpaired) electrons. The number of nitrogens with zero attached hydrogens (tertiary/aromatic N) is 6. The molecule has 0 aliphatic carbocycles. The summed E-state index contributed by atoms with van der Waals surface area (Å²) >= 11 is 0. The maximum Gasteiger partial charge on any atom is 1.00 e. The number of nitro benzene ring substituents is 2. The fourth-order valence-electron chi connectivity index (χ4n) is 5.09. The van der Waals surface area contributed by atoms with Gasteiger partial charge in [-0.05, 0) is 47.2 Å². The first-order chi connectivity index (χ1) is 26.3. The van der Waals surface area contributed by atoms with Crippen LogP contribution < -0.4 is 39.0 Å². The third-order valence-electron chi connectivity index (χ3n) is 7.44. The maximum absolute atomic E-state index is 11.6. The van der Waals surface area contributed by atoms with Crippen LogP contribution in [0.2, 0.25) is 0 Å². The number of sulfonamides is 2. The topological polar surface area (TPSA) is 309 Å². The van der Waals surface area contributed by atoms with E-state index in [1.54, 1.807) is 36.4 Å². The number of hydrogen-bond acceptors (Lipinski definition) is 16. The second kappa shape index (κ2) is 19.0. The van der Waals surface area contributed by atoms with Crippen LogP contribution in [0.1, 0.15) is 0 Å². The van der Waals surface area contributed by atoms with Gasteiger partial charge in [0.2, 0.25) is 20.0 Å². The van der Waals surface area contributed by atoms with Gasteiger partial charge in [-0.15, -0.1) is 20.5 Å². The normalized spacial score (nSPS) is 11.3. The van der Waals surface area contributed by atoms with Crippen LogP contribution in [-0.2, 0) is 37.4 Å². The molecule has 0 aliphatic rings. The van der Waals surface area contributed by atoms with Gasteiger partial charge >= 0.3 is 29.6 Å². The van der Waals surface area contributed by atoms with Crippen LogP contribution in [0.25, 0.3) is 21.5 Å². The Hall–Kier alpha value is -5.93. The van der Waals surface area contributed by atoms with E-state index in [9.17, 15) is 57.5 Å². The van der Waals surface area contributed by atoms with Crippen molar-refractivity contribution in [2.45, 2.75) is 0 Å². The van der Waals surface area contributed by atoms with Crippen LogP contribution in [0, 0.1) is 20.2 Å². The summed E-state index contributed by atoms with van der Waals surface area (Å²) in [4.78, 5) is 20.5. The molecule has 294 valence electrons. The summed E-state index contributed by atoms with van der Waals surface area (Å²) in [5.74, 6) is -1.26. The standard InChI is InChI=1S/2C17H14N4O6S.Cr.Na/c2*1-28(26,27)20-12-4-2-3-10-5-7-15(23)17(16(10)12)19-18-13-9-11(21(24)25)6-8-14(13)22;;/h2*2-9,20,22-23H,1H3;;/q;;;+1. The molecule has 6 aromatic carbocycles. The molecule has 6 N–H and O–H groups in total. The van der Waals surface area contributed by atoms with E-state index in [0.717, 1.165) is 48.9 Å². The molecule has 0 saturated carbocycles. The summed E-state index contributed by atoms with van der Waals surface area (Å²) in [6.07, 6.45) is 1.97. The van der Waals surface area contributed by atoms with Crippen molar-refractivity contribution in [2.24, 2.45) is 20.5 Å². The van der Waals surface area contributed by atoms with E-state index in [-0.39, 0.29) is 126 Å². The number of fused-ring (bicyclic) bond motifs is 2. The summed E-state index contributed by atoms with van der Waals surface area (Å²) in [7, 11) is -7.21. The van der Waals surface area contributed by atoms with Crippen LogP contribution in [0.3, 0.4) is 0 Å². The van der Waals surface area contributed by atoms with E-state index >= 15 is 0 Å². The predicted octanol–water partition coefficient (Wildman–Crippen LogP) is 4.89. The summed E-state index contributed by atoms with van der Waals surface area (Å²) < 4.78 is 51.3. The molecule has 0 atom stereocenters. The van der Waals surface area contributed by atoms with E-state index in [1.165, 1.54) is 24.3 Å². The van der Waals surface area contributed by atoms with Gasteiger partial charge in [0.05, 0.1) is 33.7 Å². The molecule has 20 nitrogen and oxygen atoms in total. The first-order valence-electron chi connectivity index (χ1n) is 15.5. The van der Waals surface area contributed by atoms with Gasteiger partial charge in [0.15, 0.2) is 0 Å². The summed E-state index contributed by atoms with van der Waals surface area (Å²) in [5.41, 5.74) is -0.730. The fraction of sp³-hybridized carbons (Fsp3) is 0.0588. The number of hydrogen-bond donors (Lipinski definition) is 6. The van der Waals surface area contributed by atoms with Crippen LogP contribution >= 0.6 is 0 Å². The second-order valence-corrected chi connectivity index (χ2v) is 15.2. The van der Waals surface area contributed by atoms with Crippen LogP contribution in [0.15, 0.2) is 118 Å². The fourth-order valence-corrected chi connectivity index (χ4v) is 6.23. The molecule has 0 aromatic heterocycles. The Morgan fingerprint density at radius 1 is 0.534 bits per heavy atom. The number of phenolic OH excluding ortho intramolecular Hbond substituents is 4. The van der Waals surface area contributed by atoms with Crippen LogP contribution in [0.4, 0.5) is 45.5 Å². The molecule has 24 heteroatoms. The van der Waals surface area contributed by atoms with Gasteiger partial charge in [-0.2, -0.15) is 0 Å². The minimum absolute atomic E-state index is 0. The van der Waals surface area contributed by atoms with Crippen molar-refractivity contribution in [3.63, 3.8) is 0 Å². The Balaban J connectivity index is 0.000000300. The maximum atomic E-state index is 11.6. The smallest absolute Gasteiger partial charge is 0.506 e. The molecule has 0 fully saturated rings. The molecular formula is C34H28CrN8NaO12S2+. The van der Waals surface area contributed by atoms with Crippen molar-refractivity contribution < 1.29 is 94.0 Å².